The molecule has 0 saturated heterocycles. The first-order chi connectivity index (χ1) is 9.91. The molecule has 0 amide bonds. The van der Waals surface area contributed by atoms with E-state index in [0.29, 0.717) is 27.8 Å². The van der Waals surface area contributed by atoms with E-state index in [0.717, 1.165) is 11.2 Å². The molecule has 0 aromatic heterocycles. The van der Waals surface area contributed by atoms with Crippen molar-refractivity contribution in [1.82, 2.24) is 0 Å². The highest BCUT2D eigenvalue weighted by molar-refractivity contribution is 7.96. The second-order valence-electron chi connectivity index (χ2n) is 7.73. The Morgan fingerprint density at radius 1 is 1.19 bits per heavy atom. The Morgan fingerprint density at radius 2 is 1.86 bits per heavy atom. The molecular weight excluding hydrogens is 276 g/mol. The molecular formula is C19H29OS+. The van der Waals surface area contributed by atoms with Gasteiger partial charge in [-0.3, -0.25) is 0 Å². The van der Waals surface area contributed by atoms with E-state index in [4.69, 9.17) is 4.74 Å². The molecule has 1 aromatic rings. The van der Waals surface area contributed by atoms with Gasteiger partial charge in [0.25, 0.3) is 0 Å². The molecule has 0 spiro atoms. The SMILES string of the molecule is CO[C@@H]1[C@H]([S+](C)Cc2ccccc2)[C@H]2CC[C@]1(C)C2(C)C. The van der Waals surface area contributed by atoms with Gasteiger partial charge in [0.1, 0.15) is 17.1 Å². The van der Waals surface area contributed by atoms with Crippen LogP contribution in [0.2, 0.25) is 0 Å². The Bertz CT molecular complexity index is 498. The summed E-state index contributed by atoms with van der Waals surface area (Å²) in [5.41, 5.74) is 2.25. The van der Waals surface area contributed by atoms with E-state index >= 15 is 0 Å². The summed E-state index contributed by atoms with van der Waals surface area (Å²) in [6, 6.07) is 11.0. The van der Waals surface area contributed by atoms with E-state index < -0.39 is 0 Å². The summed E-state index contributed by atoms with van der Waals surface area (Å²) in [5.74, 6) is 2.03. The lowest BCUT2D eigenvalue weighted by molar-refractivity contribution is -0.0180. The van der Waals surface area contributed by atoms with E-state index in [1.54, 1.807) is 0 Å². The van der Waals surface area contributed by atoms with Crippen LogP contribution in [0.25, 0.3) is 0 Å². The van der Waals surface area contributed by atoms with Crippen LogP contribution < -0.4 is 0 Å². The molecule has 2 saturated carbocycles. The van der Waals surface area contributed by atoms with Crippen LogP contribution in [0.5, 0.6) is 0 Å². The average Bonchev–Trinajstić information content (AvgIpc) is 2.78. The number of fused-ring (bicyclic) bond motifs is 2. The minimum atomic E-state index is 0.356. The van der Waals surface area contributed by atoms with E-state index in [2.05, 4.69) is 57.4 Å². The summed E-state index contributed by atoms with van der Waals surface area (Å²) < 4.78 is 6.06. The molecule has 1 aromatic carbocycles. The molecule has 3 rings (SSSR count). The lowest BCUT2D eigenvalue weighted by atomic mass is 9.70. The van der Waals surface area contributed by atoms with Crippen molar-refractivity contribution in [2.45, 2.75) is 50.7 Å². The Kier molecular flexibility index (Phi) is 3.90. The van der Waals surface area contributed by atoms with Crippen LogP contribution in [0.1, 0.15) is 39.2 Å². The van der Waals surface area contributed by atoms with Gasteiger partial charge in [-0.2, -0.15) is 0 Å². The number of methoxy groups -OCH3 is 1. The number of ether oxygens (including phenoxy) is 1. The Morgan fingerprint density at radius 3 is 2.48 bits per heavy atom. The van der Waals surface area contributed by atoms with Gasteiger partial charge in [0.15, 0.2) is 0 Å². The molecule has 0 N–H and O–H groups in total. The van der Waals surface area contributed by atoms with Crippen molar-refractivity contribution in [3.8, 4) is 0 Å². The van der Waals surface area contributed by atoms with Crippen LogP contribution in [-0.4, -0.2) is 24.7 Å². The third kappa shape index (κ3) is 2.17. The quantitative estimate of drug-likeness (QED) is 0.755. The van der Waals surface area contributed by atoms with Gasteiger partial charge in [-0.05, 0) is 29.2 Å². The lowest BCUT2D eigenvalue weighted by Crippen LogP contribution is -2.44. The monoisotopic (exact) mass is 305 g/mol. The molecule has 1 nitrogen and oxygen atoms in total. The van der Waals surface area contributed by atoms with Crippen molar-refractivity contribution in [2.24, 2.45) is 16.7 Å². The highest BCUT2D eigenvalue weighted by Gasteiger charge is 2.70. The minimum absolute atomic E-state index is 0.356. The maximum Gasteiger partial charge on any atom is 0.148 e. The van der Waals surface area contributed by atoms with Gasteiger partial charge in [0.05, 0.1) is 6.26 Å². The van der Waals surface area contributed by atoms with E-state index in [1.807, 2.05) is 7.11 Å². The molecule has 2 heteroatoms. The number of hydrogen-bond donors (Lipinski definition) is 0. The Hall–Kier alpha value is -0.470. The molecule has 0 radical (unpaired) electrons. The van der Waals surface area contributed by atoms with Gasteiger partial charge in [0.2, 0.25) is 0 Å². The van der Waals surface area contributed by atoms with Gasteiger partial charge < -0.3 is 4.74 Å². The average molecular weight is 306 g/mol. The van der Waals surface area contributed by atoms with Gasteiger partial charge in [-0.1, -0.05) is 51.1 Å². The number of rotatable bonds is 4. The summed E-state index contributed by atoms with van der Waals surface area (Å²) in [7, 11) is 2.31. The van der Waals surface area contributed by atoms with Crippen LogP contribution in [0.15, 0.2) is 30.3 Å². The molecule has 1 unspecified atom stereocenters. The van der Waals surface area contributed by atoms with Gasteiger partial charge in [0, 0.05) is 24.0 Å². The Labute approximate surface area is 132 Å². The zero-order chi connectivity index (χ0) is 15.3. The third-order valence-corrected chi connectivity index (χ3v) is 8.95. The number of benzene rings is 1. The fraction of sp³-hybridized carbons (Fsp3) is 0.684. The van der Waals surface area contributed by atoms with E-state index in [-0.39, 0.29) is 0 Å². The maximum atomic E-state index is 6.06. The molecule has 2 bridgehead atoms. The summed E-state index contributed by atoms with van der Waals surface area (Å²) in [6.45, 7) is 7.44. The third-order valence-electron chi connectivity index (χ3n) is 6.65. The second kappa shape index (κ2) is 5.31. The molecule has 0 aliphatic heterocycles. The largest absolute Gasteiger partial charge is 0.376 e. The molecule has 5 atom stereocenters. The highest BCUT2D eigenvalue weighted by Crippen LogP contribution is 2.67. The van der Waals surface area contributed by atoms with Crippen molar-refractivity contribution >= 4 is 10.9 Å². The van der Waals surface area contributed by atoms with E-state index in [9.17, 15) is 0 Å². The zero-order valence-electron chi connectivity index (χ0n) is 14.1. The summed E-state index contributed by atoms with van der Waals surface area (Å²) in [6.07, 6.45) is 5.62. The van der Waals surface area contributed by atoms with Crippen molar-refractivity contribution in [3.05, 3.63) is 35.9 Å². The topological polar surface area (TPSA) is 9.23 Å². The lowest BCUT2D eigenvalue weighted by Gasteiger charge is -2.38. The smallest absolute Gasteiger partial charge is 0.148 e. The van der Waals surface area contributed by atoms with Crippen LogP contribution >= 0.6 is 0 Å². The van der Waals surface area contributed by atoms with Crippen LogP contribution in [0, 0.1) is 16.7 Å². The van der Waals surface area contributed by atoms with Gasteiger partial charge in [-0.15, -0.1) is 0 Å². The van der Waals surface area contributed by atoms with E-state index in [1.165, 1.54) is 24.2 Å². The second-order valence-corrected chi connectivity index (χ2v) is 9.94. The zero-order valence-corrected chi connectivity index (χ0v) is 14.9. The highest BCUT2D eigenvalue weighted by atomic mass is 32.2. The van der Waals surface area contributed by atoms with Gasteiger partial charge >= 0.3 is 0 Å². The van der Waals surface area contributed by atoms with Crippen molar-refractivity contribution < 1.29 is 4.74 Å². The minimum Gasteiger partial charge on any atom is -0.376 e. The standard InChI is InChI=1S/C19H29OS/c1-18(2)15-11-12-19(18,3)17(20-4)16(15)21(5)13-14-9-7-6-8-10-14/h6-10,15-17H,11-13H2,1-5H3/q+1/t15-,16-,17-,19+,21?/m1/s1. The summed E-state index contributed by atoms with van der Waals surface area (Å²) in [5, 5.41) is 0.726. The fourth-order valence-electron chi connectivity index (χ4n) is 5.04. The van der Waals surface area contributed by atoms with Crippen LogP contribution in [0.3, 0.4) is 0 Å². The first kappa shape index (κ1) is 15.4. The van der Waals surface area contributed by atoms with Crippen LogP contribution in [0.4, 0.5) is 0 Å². The number of hydrogen-bond acceptors (Lipinski definition) is 1. The van der Waals surface area contributed by atoms with Crippen LogP contribution in [-0.2, 0) is 21.4 Å². The first-order valence-electron chi connectivity index (χ1n) is 8.10. The first-order valence-corrected chi connectivity index (χ1v) is 9.96. The van der Waals surface area contributed by atoms with Gasteiger partial charge in [-0.25, -0.2) is 0 Å². The molecule has 2 fully saturated rings. The van der Waals surface area contributed by atoms with Crippen molar-refractivity contribution in [1.29, 1.82) is 0 Å². The maximum absolute atomic E-state index is 6.06. The molecule has 0 heterocycles. The molecule has 2 aliphatic rings. The molecule has 21 heavy (non-hydrogen) atoms. The predicted molar refractivity (Wildman–Crippen MR) is 92.6 cm³/mol. The fourth-order valence-corrected chi connectivity index (χ4v) is 7.82. The predicted octanol–water partition coefficient (Wildman–Crippen LogP) is 4.27. The van der Waals surface area contributed by atoms with Crippen molar-refractivity contribution in [2.75, 3.05) is 13.4 Å². The molecule has 2 aliphatic carbocycles. The Balaban J connectivity index is 1.85. The summed E-state index contributed by atoms with van der Waals surface area (Å²) >= 11 is 0. The van der Waals surface area contributed by atoms with Crippen molar-refractivity contribution in [3.63, 3.8) is 0 Å². The normalized spacial score (nSPS) is 38.6. The summed E-state index contributed by atoms with van der Waals surface area (Å²) in [4.78, 5) is 0. The molecule has 116 valence electrons.